The average Bonchev–Trinajstić information content (AvgIpc) is 3.63. The fourth-order valence-electron chi connectivity index (χ4n) is 3.01. The van der Waals surface area contributed by atoms with Crippen molar-refractivity contribution in [3.8, 4) is 5.75 Å². The lowest BCUT2D eigenvalue weighted by Gasteiger charge is -2.12. The molecule has 7 heteroatoms. The van der Waals surface area contributed by atoms with Crippen LogP contribution in [0, 0.1) is 0 Å². The first kappa shape index (κ1) is 19.6. The molecule has 0 bridgehead atoms. The molecule has 1 aliphatic rings. The molecule has 0 unspecified atom stereocenters. The van der Waals surface area contributed by atoms with Gasteiger partial charge in [0, 0.05) is 18.5 Å². The fraction of sp³-hybridized carbons (Fsp3) is 0.217. The van der Waals surface area contributed by atoms with Gasteiger partial charge in [-0.2, -0.15) is 0 Å². The lowest BCUT2D eigenvalue weighted by molar-refractivity contribution is -0.123. The first-order valence-corrected chi connectivity index (χ1v) is 9.86. The molecule has 2 N–H and O–H groups in total. The van der Waals surface area contributed by atoms with Crippen molar-refractivity contribution < 1.29 is 14.3 Å². The van der Waals surface area contributed by atoms with Gasteiger partial charge in [0.25, 0.3) is 11.8 Å². The molecule has 1 saturated carbocycles. The number of amides is 2. The van der Waals surface area contributed by atoms with Crippen LogP contribution in [0.2, 0.25) is 0 Å². The van der Waals surface area contributed by atoms with E-state index < -0.39 is 11.8 Å². The third-order valence-corrected chi connectivity index (χ3v) is 4.73. The van der Waals surface area contributed by atoms with E-state index in [1.165, 1.54) is 6.07 Å². The van der Waals surface area contributed by atoms with E-state index in [2.05, 4.69) is 20.8 Å². The van der Waals surface area contributed by atoms with Crippen LogP contribution in [0.4, 0.5) is 0 Å². The number of carbonyl (C=O) groups is 2. The highest BCUT2D eigenvalue weighted by Gasteiger charge is 2.27. The maximum atomic E-state index is 12.2. The highest BCUT2D eigenvalue weighted by atomic mass is 16.5. The zero-order chi connectivity index (χ0) is 20.8. The summed E-state index contributed by atoms with van der Waals surface area (Å²) in [7, 11) is 0. The number of nitrogens with one attached hydrogen (secondary N) is 2. The second-order valence-electron chi connectivity index (χ2n) is 7.14. The number of aromatic nitrogens is 2. The van der Waals surface area contributed by atoms with Crippen molar-refractivity contribution in [1.82, 2.24) is 20.8 Å². The van der Waals surface area contributed by atoms with Gasteiger partial charge in [-0.3, -0.25) is 20.4 Å². The van der Waals surface area contributed by atoms with Crippen molar-refractivity contribution in [2.75, 3.05) is 6.61 Å². The van der Waals surface area contributed by atoms with E-state index in [0.29, 0.717) is 23.9 Å². The maximum Gasteiger partial charge on any atom is 0.288 e. The van der Waals surface area contributed by atoms with E-state index in [4.69, 9.17) is 4.74 Å². The minimum atomic E-state index is -0.489. The Morgan fingerprint density at radius 2 is 1.73 bits per heavy atom. The van der Waals surface area contributed by atoms with Gasteiger partial charge in [-0.25, -0.2) is 9.97 Å². The Morgan fingerprint density at radius 1 is 0.967 bits per heavy atom. The maximum absolute atomic E-state index is 12.2. The molecule has 1 aromatic heterocycles. The van der Waals surface area contributed by atoms with Crippen LogP contribution in [0.15, 0.2) is 66.9 Å². The van der Waals surface area contributed by atoms with Crippen LogP contribution < -0.4 is 15.6 Å². The highest BCUT2D eigenvalue weighted by Crippen LogP contribution is 2.37. The molecule has 0 saturated heterocycles. The molecule has 1 aliphatic carbocycles. The lowest BCUT2D eigenvalue weighted by atomic mass is 10.0. The summed E-state index contributed by atoms with van der Waals surface area (Å²) in [6, 6.07) is 19.1. The van der Waals surface area contributed by atoms with Crippen LogP contribution in [0.1, 0.15) is 46.2 Å². The number of hydrogen-bond acceptors (Lipinski definition) is 5. The van der Waals surface area contributed by atoms with Crippen LogP contribution >= 0.6 is 0 Å². The fourth-order valence-corrected chi connectivity index (χ4v) is 3.01. The molecule has 4 rings (SSSR count). The molecule has 1 fully saturated rings. The van der Waals surface area contributed by atoms with Crippen LogP contribution in [-0.2, 0) is 11.2 Å². The molecule has 0 radical (unpaired) electrons. The monoisotopic (exact) mass is 402 g/mol. The van der Waals surface area contributed by atoms with Crippen molar-refractivity contribution in [2.45, 2.75) is 25.2 Å². The summed E-state index contributed by atoms with van der Waals surface area (Å²) in [5, 5.41) is 0. The largest absolute Gasteiger partial charge is 0.483 e. The third-order valence-electron chi connectivity index (χ3n) is 4.73. The topological polar surface area (TPSA) is 93.2 Å². The SMILES string of the molecule is O=C(COc1ccccc1Cc1ccccc1)NNC(=O)c1ccnc(C2CC2)n1. The number of benzene rings is 2. The first-order chi connectivity index (χ1) is 14.7. The minimum absolute atomic E-state index is 0.219. The Kier molecular flexibility index (Phi) is 5.98. The van der Waals surface area contributed by atoms with E-state index in [1.807, 2.05) is 54.6 Å². The van der Waals surface area contributed by atoms with Gasteiger partial charge in [-0.15, -0.1) is 0 Å². The van der Waals surface area contributed by atoms with Crippen LogP contribution in [0.25, 0.3) is 0 Å². The van der Waals surface area contributed by atoms with Crippen molar-refractivity contribution in [3.05, 3.63) is 89.5 Å². The number of rotatable bonds is 7. The van der Waals surface area contributed by atoms with Crippen molar-refractivity contribution in [3.63, 3.8) is 0 Å². The summed E-state index contributed by atoms with van der Waals surface area (Å²) in [4.78, 5) is 32.8. The van der Waals surface area contributed by atoms with E-state index in [9.17, 15) is 9.59 Å². The smallest absolute Gasteiger partial charge is 0.288 e. The molecular formula is C23H22N4O3. The Bertz CT molecular complexity index is 1040. The number of ether oxygens (including phenoxy) is 1. The molecule has 30 heavy (non-hydrogen) atoms. The second kappa shape index (κ2) is 9.17. The van der Waals surface area contributed by atoms with Crippen LogP contribution in [0.5, 0.6) is 5.75 Å². The molecule has 0 spiro atoms. The number of para-hydroxylation sites is 1. The van der Waals surface area contributed by atoms with E-state index in [0.717, 1.165) is 24.0 Å². The summed E-state index contributed by atoms with van der Waals surface area (Å²) >= 11 is 0. The number of nitrogens with zero attached hydrogens (tertiary/aromatic N) is 2. The zero-order valence-electron chi connectivity index (χ0n) is 16.4. The quantitative estimate of drug-likeness (QED) is 0.593. The van der Waals surface area contributed by atoms with Gasteiger partial charge < -0.3 is 4.74 Å². The molecule has 152 valence electrons. The number of hydrazine groups is 1. The number of carbonyl (C=O) groups excluding carboxylic acids is 2. The molecule has 7 nitrogen and oxygen atoms in total. The molecule has 0 aliphatic heterocycles. The zero-order valence-corrected chi connectivity index (χ0v) is 16.4. The molecular weight excluding hydrogens is 380 g/mol. The standard InChI is InChI=1S/C23H22N4O3/c28-21(26-27-23(29)19-12-13-24-22(25-19)17-10-11-17)15-30-20-9-5-4-8-18(20)14-16-6-2-1-3-7-16/h1-9,12-13,17H,10-11,14-15H2,(H,26,28)(H,27,29). The Balaban J connectivity index is 1.29. The second-order valence-corrected chi connectivity index (χ2v) is 7.14. The van der Waals surface area contributed by atoms with Gasteiger partial charge in [0.15, 0.2) is 6.61 Å². The molecule has 3 aromatic rings. The molecule has 1 heterocycles. The van der Waals surface area contributed by atoms with Gasteiger partial charge >= 0.3 is 0 Å². The molecule has 0 atom stereocenters. The Labute approximate surface area is 174 Å². The van der Waals surface area contributed by atoms with E-state index >= 15 is 0 Å². The lowest BCUT2D eigenvalue weighted by Crippen LogP contribution is -2.44. The normalized spacial score (nSPS) is 12.8. The highest BCUT2D eigenvalue weighted by molar-refractivity contribution is 5.93. The summed E-state index contributed by atoms with van der Waals surface area (Å²) in [6.45, 7) is -0.219. The van der Waals surface area contributed by atoms with Gasteiger partial charge in [-0.1, -0.05) is 48.5 Å². The predicted molar refractivity (Wildman–Crippen MR) is 111 cm³/mol. The van der Waals surface area contributed by atoms with Crippen molar-refractivity contribution >= 4 is 11.8 Å². The Hall–Kier alpha value is -3.74. The molecule has 2 amide bonds. The predicted octanol–water partition coefficient (Wildman–Crippen LogP) is 2.78. The van der Waals surface area contributed by atoms with Crippen molar-refractivity contribution in [1.29, 1.82) is 0 Å². The third kappa shape index (κ3) is 5.20. The average molecular weight is 402 g/mol. The minimum Gasteiger partial charge on any atom is -0.483 e. The van der Waals surface area contributed by atoms with E-state index in [-0.39, 0.29) is 12.3 Å². The summed E-state index contributed by atoms with van der Waals surface area (Å²) in [5.41, 5.74) is 7.09. The van der Waals surface area contributed by atoms with Gasteiger partial charge in [0.2, 0.25) is 0 Å². The van der Waals surface area contributed by atoms with Crippen molar-refractivity contribution in [2.24, 2.45) is 0 Å². The number of hydrogen-bond donors (Lipinski definition) is 2. The van der Waals surface area contributed by atoms with Gasteiger partial charge in [-0.05, 0) is 36.1 Å². The van der Waals surface area contributed by atoms with Crippen LogP contribution in [0.3, 0.4) is 0 Å². The van der Waals surface area contributed by atoms with E-state index in [1.54, 1.807) is 6.20 Å². The molecule has 2 aromatic carbocycles. The van der Waals surface area contributed by atoms with Gasteiger partial charge in [0.05, 0.1) is 0 Å². The van der Waals surface area contributed by atoms with Crippen LogP contribution in [-0.4, -0.2) is 28.4 Å². The first-order valence-electron chi connectivity index (χ1n) is 9.86. The summed E-state index contributed by atoms with van der Waals surface area (Å²) < 4.78 is 5.68. The summed E-state index contributed by atoms with van der Waals surface area (Å²) in [6.07, 6.45) is 4.35. The Morgan fingerprint density at radius 3 is 2.53 bits per heavy atom. The summed E-state index contributed by atoms with van der Waals surface area (Å²) in [5.74, 6) is 0.697. The van der Waals surface area contributed by atoms with Gasteiger partial charge in [0.1, 0.15) is 17.3 Å².